The second-order valence-corrected chi connectivity index (χ2v) is 3.36. The van der Waals surface area contributed by atoms with Crippen LogP contribution in [0.5, 0.6) is 0 Å². The Bertz CT molecular complexity index is 196. The SMILES string of the molecule is C=CC(=O)OC(C)C(C)C(C)(N)O. The van der Waals surface area contributed by atoms with Gasteiger partial charge in [0.05, 0.1) is 0 Å². The van der Waals surface area contributed by atoms with Gasteiger partial charge in [0.25, 0.3) is 0 Å². The van der Waals surface area contributed by atoms with Gasteiger partial charge in [0.15, 0.2) is 0 Å². The Hall–Kier alpha value is -0.870. The van der Waals surface area contributed by atoms with E-state index in [2.05, 4.69) is 6.58 Å². The largest absolute Gasteiger partial charge is 0.459 e. The van der Waals surface area contributed by atoms with Gasteiger partial charge in [-0.15, -0.1) is 0 Å². The van der Waals surface area contributed by atoms with Crippen molar-refractivity contribution in [3.8, 4) is 0 Å². The summed E-state index contributed by atoms with van der Waals surface area (Å²) in [5, 5.41) is 9.40. The van der Waals surface area contributed by atoms with Gasteiger partial charge in [-0.1, -0.05) is 13.5 Å². The molecule has 0 spiro atoms. The van der Waals surface area contributed by atoms with Crippen LogP contribution in [-0.2, 0) is 9.53 Å². The summed E-state index contributed by atoms with van der Waals surface area (Å²) in [6, 6.07) is 0. The third-order valence-electron chi connectivity index (χ3n) is 2.09. The molecule has 0 bridgehead atoms. The molecule has 4 heteroatoms. The molecule has 0 aliphatic heterocycles. The van der Waals surface area contributed by atoms with E-state index in [0.717, 1.165) is 6.08 Å². The summed E-state index contributed by atoms with van der Waals surface area (Å²) in [5.74, 6) is -0.847. The topological polar surface area (TPSA) is 72.5 Å². The second kappa shape index (κ2) is 4.39. The van der Waals surface area contributed by atoms with E-state index in [1.54, 1.807) is 13.8 Å². The first-order valence-corrected chi connectivity index (χ1v) is 4.13. The van der Waals surface area contributed by atoms with E-state index >= 15 is 0 Å². The van der Waals surface area contributed by atoms with Gasteiger partial charge in [-0.25, -0.2) is 4.79 Å². The molecule has 0 aliphatic rings. The summed E-state index contributed by atoms with van der Waals surface area (Å²) < 4.78 is 4.89. The quantitative estimate of drug-likeness (QED) is 0.380. The number of ether oxygens (including phenoxy) is 1. The molecule has 3 N–H and O–H groups in total. The van der Waals surface area contributed by atoms with Gasteiger partial charge in [0.2, 0.25) is 0 Å². The van der Waals surface area contributed by atoms with E-state index in [1.807, 2.05) is 0 Å². The first-order valence-electron chi connectivity index (χ1n) is 4.13. The molecular weight excluding hydrogens is 170 g/mol. The van der Waals surface area contributed by atoms with Gasteiger partial charge in [-0.05, 0) is 13.8 Å². The molecule has 0 aromatic carbocycles. The van der Waals surface area contributed by atoms with E-state index in [1.165, 1.54) is 6.92 Å². The average Bonchev–Trinajstić information content (AvgIpc) is 2.01. The lowest BCUT2D eigenvalue weighted by molar-refractivity contribution is -0.149. The highest BCUT2D eigenvalue weighted by atomic mass is 16.5. The predicted octanol–water partition coefficient (Wildman–Crippen LogP) is 0.407. The number of nitrogens with two attached hydrogens (primary N) is 1. The molecule has 0 rings (SSSR count). The van der Waals surface area contributed by atoms with Crippen molar-refractivity contribution in [3.63, 3.8) is 0 Å². The lowest BCUT2D eigenvalue weighted by Crippen LogP contribution is -2.47. The van der Waals surface area contributed by atoms with Gasteiger partial charge in [0.1, 0.15) is 11.8 Å². The minimum Gasteiger partial charge on any atom is -0.459 e. The van der Waals surface area contributed by atoms with Gasteiger partial charge in [-0.2, -0.15) is 0 Å². The van der Waals surface area contributed by atoms with E-state index in [-0.39, 0.29) is 5.92 Å². The molecule has 0 fully saturated rings. The fraction of sp³-hybridized carbons (Fsp3) is 0.667. The third kappa shape index (κ3) is 4.05. The summed E-state index contributed by atoms with van der Waals surface area (Å²) in [5.41, 5.74) is 4.09. The van der Waals surface area contributed by atoms with E-state index in [4.69, 9.17) is 10.5 Å². The first kappa shape index (κ1) is 12.1. The van der Waals surface area contributed by atoms with Crippen LogP contribution in [0.4, 0.5) is 0 Å². The number of aliphatic hydroxyl groups is 1. The molecule has 4 nitrogen and oxygen atoms in total. The molecule has 0 saturated carbocycles. The molecule has 0 heterocycles. The van der Waals surface area contributed by atoms with Gasteiger partial charge in [-0.3, -0.25) is 0 Å². The molecule has 0 aromatic rings. The van der Waals surface area contributed by atoms with Crippen molar-refractivity contribution >= 4 is 5.97 Å². The Morgan fingerprint density at radius 2 is 2.15 bits per heavy atom. The smallest absolute Gasteiger partial charge is 0.330 e. The first-order chi connectivity index (χ1) is 5.79. The molecule has 13 heavy (non-hydrogen) atoms. The van der Waals surface area contributed by atoms with Crippen LogP contribution in [-0.4, -0.2) is 22.9 Å². The van der Waals surface area contributed by atoms with Gasteiger partial charge in [0, 0.05) is 12.0 Å². The normalized spacial score (nSPS) is 19.8. The van der Waals surface area contributed by atoms with Crippen LogP contribution in [0.1, 0.15) is 20.8 Å². The maximum absolute atomic E-state index is 10.8. The summed E-state index contributed by atoms with van der Waals surface area (Å²) in [7, 11) is 0. The van der Waals surface area contributed by atoms with Crippen molar-refractivity contribution in [2.45, 2.75) is 32.6 Å². The highest BCUT2D eigenvalue weighted by Gasteiger charge is 2.29. The minimum absolute atomic E-state index is 0.337. The predicted molar refractivity (Wildman–Crippen MR) is 49.7 cm³/mol. The maximum Gasteiger partial charge on any atom is 0.330 e. The van der Waals surface area contributed by atoms with Crippen LogP contribution < -0.4 is 5.73 Å². The molecule has 0 radical (unpaired) electrons. The van der Waals surface area contributed by atoms with Crippen molar-refractivity contribution < 1.29 is 14.6 Å². The van der Waals surface area contributed by atoms with Crippen LogP contribution in [0.15, 0.2) is 12.7 Å². The summed E-state index contributed by atoms with van der Waals surface area (Å²) in [4.78, 5) is 10.8. The zero-order valence-corrected chi connectivity index (χ0v) is 8.28. The Kier molecular flexibility index (Phi) is 4.10. The minimum atomic E-state index is -1.35. The number of carbonyl (C=O) groups excluding carboxylic acids is 1. The maximum atomic E-state index is 10.8. The van der Waals surface area contributed by atoms with Crippen LogP contribution in [0.25, 0.3) is 0 Å². The van der Waals surface area contributed by atoms with Gasteiger partial charge < -0.3 is 15.6 Å². The van der Waals surface area contributed by atoms with E-state index < -0.39 is 17.8 Å². The lowest BCUT2D eigenvalue weighted by atomic mass is 9.95. The molecule has 0 aromatic heterocycles. The van der Waals surface area contributed by atoms with Crippen molar-refractivity contribution in [2.24, 2.45) is 11.7 Å². The number of hydrogen-bond acceptors (Lipinski definition) is 4. The zero-order chi connectivity index (χ0) is 10.6. The fourth-order valence-electron chi connectivity index (χ4n) is 0.809. The Morgan fingerprint density at radius 3 is 2.46 bits per heavy atom. The molecule has 3 unspecified atom stereocenters. The Morgan fingerprint density at radius 1 is 1.69 bits per heavy atom. The molecule has 0 saturated heterocycles. The number of rotatable bonds is 4. The monoisotopic (exact) mass is 187 g/mol. The van der Waals surface area contributed by atoms with Crippen molar-refractivity contribution in [3.05, 3.63) is 12.7 Å². The van der Waals surface area contributed by atoms with Crippen LogP contribution >= 0.6 is 0 Å². The highest BCUT2D eigenvalue weighted by Crippen LogP contribution is 2.17. The molecule has 3 atom stereocenters. The number of carbonyl (C=O) groups is 1. The number of hydrogen-bond donors (Lipinski definition) is 2. The zero-order valence-electron chi connectivity index (χ0n) is 8.28. The van der Waals surface area contributed by atoms with Crippen LogP contribution in [0, 0.1) is 5.92 Å². The standard InChI is InChI=1S/C9H17NO3/c1-5-8(11)13-7(3)6(2)9(4,10)12/h5-7,12H,1,10H2,2-4H3. The summed E-state index contributed by atoms with van der Waals surface area (Å²) in [6.45, 7) is 8.12. The molecular formula is C9H17NO3. The fourth-order valence-corrected chi connectivity index (χ4v) is 0.809. The van der Waals surface area contributed by atoms with Crippen molar-refractivity contribution in [2.75, 3.05) is 0 Å². The van der Waals surface area contributed by atoms with Crippen molar-refractivity contribution in [1.29, 1.82) is 0 Å². The van der Waals surface area contributed by atoms with Crippen molar-refractivity contribution in [1.82, 2.24) is 0 Å². The Balaban J connectivity index is 4.19. The van der Waals surface area contributed by atoms with Gasteiger partial charge >= 0.3 is 5.97 Å². The second-order valence-electron chi connectivity index (χ2n) is 3.36. The average molecular weight is 187 g/mol. The van der Waals surface area contributed by atoms with E-state index in [0.29, 0.717) is 0 Å². The highest BCUT2D eigenvalue weighted by molar-refractivity contribution is 5.81. The summed E-state index contributed by atoms with van der Waals surface area (Å²) >= 11 is 0. The lowest BCUT2D eigenvalue weighted by Gasteiger charge is -2.30. The summed E-state index contributed by atoms with van der Waals surface area (Å²) in [6.07, 6.45) is 0.638. The Labute approximate surface area is 78.4 Å². The molecule has 0 amide bonds. The van der Waals surface area contributed by atoms with Crippen LogP contribution in [0.2, 0.25) is 0 Å². The third-order valence-corrected chi connectivity index (χ3v) is 2.09. The van der Waals surface area contributed by atoms with Crippen LogP contribution in [0.3, 0.4) is 0 Å². The molecule has 76 valence electrons. The van der Waals surface area contributed by atoms with E-state index in [9.17, 15) is 9.90 Å². The molecule has 0 aliphatic carbocycles. The number of esters is 1.